The van der Waals surface area contributed by atoms with Gasteiger partial charge in [-0.15, -0.1) is 0 Å². The third-order valence-corrected chi connectivity index (χ3v) is 2.42. The van der Waals surface area contributed by atoms with Gasteiger partial charge in [-0.3, -0.25) is 9.69 Å². The zero-order chi connectivity index (χ0) is 15.2. The van der Waals surface area contributed by atoms with Crippen LogP contribution in [-0.2, 0) is 4.79 Å². The largest absolute Gasteiger partial charge is 0.401 e. The summed E-state index contributed by atoms with van der Waals surface area (Å²) < 4.78 is 36.9. The number of nitrogens with one attached hydrogen (secondary N) is 1. The van der Waals surface area contributed by atoms with Crippen molar-refractivity contribution in [2.75, 3.05) is 37.3 Å². The van der Waals surface area contributed by atoms with E-state index in [9.17, 15) is 18.0 Å². The summed E-state index contributed by atoms with van der Waals surface area (Å²) in [7, 11) is 0. The van der Waals surface area contributed by atoms with Crippen LogP contribution in [0, 0.1) is 0 Å². The van der Waals surface area contributed by atoms with Crippen LogP contribution < -0.4 is 11.1 Å². The van der Waals surface area contributed by atoms with Gasteiger partial charge in [0.05, 0.1) is 31.1 Å². The molecule has 1 amide bonds. The van der Waals surface area contributed by atoms with Crippen molar-refractivity contribution in [1.82, 2.24) is 4.90 Å². The lowest BCUT2D eigenvalue weighted by molar-refractivity contribution is -0.148. The normalized spacial score (nSPS) is 11.7. The Labute approximate surface area is 114 Å². The quantitative estimate of drug-likeness (QED) is 0.685. The molecule has 5 nitrogen and oxygen atoms in total. The number of nitrogen functional groups attached to an aromatic ring is 1. The number of hydrogen-bond donors (Lipinski definition) is 3. The Hall–Kier alpha value is -1.80. The Balaban J connectivity index is 2.60. The van der Waals surface area contributed by atoms with E-state index in [0.717, 1.165) is 4.90 Å². The topological polar surface area (TPSA) is 78.6 Å². The molecule has 8 heteroatoms. The Morgan fingerprint density at radius 3 is 2.55 bits per heavy atom. The highest BCUT2D eigenvalue weighted by molar-refractivity contribution is 5.95. The van der Waals surface area contributed by atoms with E-state index in [4.69, 9.17) is 10.8 Å². The number of amides is 1. The fourth-order valence-corrected chi connectivity index (χ4v) is 1.61. The van der Waals surface area contributed by atoms with Crippen LogP contribution in [-0.4, -0.2) is 48.3 Å². The van der Waals surface area contributed by atoms with Gasteiger partial charge in [-0.05, 0) is 12.1 Å². The second-order valence-corrected chi connectivity index (χ2v) is 4.18. The van der Waals surface area contributed by atoms with E-state index in [-0.39, 0.29) is 6.54 Å². The molecular formula is C12H16F3N3O2. The van der Waals surface area contributed by atoms with Crippen LogP contribution in [0.1, 0.15) is 0 Å². The maximum absolute atomic E-state index is 12.3. The van der Waals surface area contributed by atoms with E-state index in [2.05, 4.69) is 5.32 Å². The van der Waals surface area contributed by atoms with Crippen LogP contribution in [0.4, 0.5) is 24.5 Å². The summed E-state index contributed by atoms with van der Waals surface area (Å²) in [5, 5.41) is 11.1. The summed E-state index contributed by atoms with van der Waals surface area (Å²) in [6.07, 6.45) is -4.43. The molecule has 0 saturated heterocycles. The van der Waals surface area contributed by atoms with Crippen molar-refractivity contribution in [1.29, 1.82) is 0 Å². The molecule has 1 rings (SSSR count). The van der Waals surface area contributed by atoms with Gasteiger partial charge in [0.1, 0.15) is 0 Å². The number of hydrogen-bond acceptors (Lipinski definition) is 4. The third-order valence-electron chi connectivity index (χ3n) is 2.42. The Morgan fingerprint density at radius 2 is 2.00 bits per heavy atom. The lowest BCUT2D eigenvalue weighted by Crippen LogP contribution is -2.41. The van der Waals surface area contributed by atoms with Gasteiger partial charge in [-0.25, -0.2) is 0 Å². The Kier molecular flexibility index (Phi) is 5.78. The summed E-state index contributed by atoms with van der Waals surface area (Å²) in [5.74, 6) is -0.624. The molecule has 0 bridgehead atoms. The van der Waals surface area contributed by atoms with Gasteiger partial charge in [0.25, 0.3) is 0 Å². The SMILES string of the molecule is Nc1ccccc1NC(=O)CN(CCO)CC(F)(F)F. The number of aliphatic hydroxyl groups excluding tert-OH is 1. The minimum absolute atomic E-state index is 0.239. The number of halogens is 3. The first-order valence-electron chi connectivity index (χ1n) is 5.86. The molecule has 0 aliphatic rings. The van der Waals surface area contributed by atoms with Crippen molar-refractivity contribution in [2.45, 2.75) is 6.18 Å². The predicted octanol–water partition coefficient (Wildman–Crippen LogP) is 1.06. The Bertz CT molecular complexity index is 452. The molecule has 0 aliphatic heterocycles. The summed E-state index contributed by atoms with van der Waals surface area (Å²) >= 11 is 0. The molecule has 0 aromatic heterocycles. The van der Waals surface area contributed by atoms with Crippen LogP contribution in [0.5, 0.6) is 0 Å². The van der Waals surface area contributed by atoms with Crippen LogP contribution in [0.15, 0.2) is 24.3 Å². The maximum Gasteiger partial charge on any atom is 0.401 e. The highest BCUT2D eigenvalue weighted by atomic mass is 19.4. The van der Waals surface area contributed by atoms with Crippen molar-refractivity contribution >= 4 is 17.3 Å². The van der Waals surface area contributed by atoms with E-state index in [1.807, 2.05) is 0 Å². The number of para-hydroxylation sites is 2. The molecule has 0 saturated carbocycles. The molecule has 0 atom stereocenters. The zero-order valence-electron chi connectivity index (χ0n) is 10.7. The standard InChI is InChI=1S/C12H16F3N3O2/c13-12(14,15)8-18(5-6-19)7-11(20)17-10-4-2-1-3-9(10)16/h1-4,19H,5-8,16H2,(H,17,20). The summed E-state index contributed by atoms with van der Waals surface area (Å²) in [6, 6.07) is 6.43. The van der Waals surface area contributed by atoms with Gasteiger partial charge in [-0.1, -0.05) is 12.1 Å². The average molecular weight is 291 g/mol. The molecule has 4 N–H and O–H groups in total. The number of benzene rings is 1. The molecule has 1 aromatic carbocycles. The predicted molar refractivity (Wildman–Crippen MR) is 69.1 cm³/mol. The molecular weight excluding hydrogens is 275 g/mol. The van der Waals surface area contributed by atoms with E-state index in [1.54, 1.807) is 24.3 Å². The van der Waals surface area contributed by atoms with Gasteiger partial charge in [0.15, 0.2) is 0 Å². The van der Waals surface area contributed by atoms with Crippen LogP contribution in [0.25, 0.3) is 0 Å². The lowest BCUT2D eigenvalue weighted by Gasteiger charge is -2.22. The number of nitrogens with zero attached hydrogens (tertiary/aromatic N) is 1. The number of nitrogens with two attached hydrogens (primary N) is 1. The number of carbonyl (C=O) groups excluding carboxylic acids is 1. The summed E-state index contributed by atoms with van der Waals surface area (Å²) in [6.45, 7) is -2.44. The molecule has 0 unspecified atom stereocenters. The molecule has 0 radical (unpaired) electrons. The molecule has 0 spiro atoms. The minimum Gasteiger partial charge on any atom is -0.397 e. The van der Waals surface area contributed by atoms with Crippen molar-refractivity contribution in [3.05, 3.63) is 24.3 Å². The zero-order valence-corrected chi connectivity index (χ0v) is 10.7. The Morgan fingerprint density at radius 1 is 1.35 bits per heavy atom. The minimum atomic E-state index is -4.43. The number of aliphatic hydroxyl groups is 1. The highest BCUT2D eigenvalue weighted by Crippen LogP contribution is 2.18. The second kappa shape index (κ2) is 7.11. The van der Waals surface area contributed by atoms with Crippen molar-refractivity contribution in [2.24, 2.45) is 0 Å². The first-order chi connectivity index (χ1) is 9.31. The smallest absolute Gasteiger partial charge is 0.397 e. The fraction of sp³-hybridized carbons (Fsp3) is 0.417. The monoisotopic (exact) mass is 291 g/mol. The average Bonchev–Trinajstić information content (AvgIpc) is 2.30. The lowest BCUT2D eigenvalue weighted by atomic mass is 10.2. The molecule has 0 aliphatic carbocycles. The van der Waals surface area contributed by atoms with Crippen LogP contribution in [0.3, 0.4) is 0 Å². The van der Waals surface area contributed by atoms with E-state index in [0.29, 0.717) is 11.4 Å². The van der Waals surface area contributed by atoms with E-state index in [1.165, 1.54) is 0 Å². The molecule has 1 aromatic rings. The summed E-state index contributed by atoms with van der Waals surface area (Å²) in [5.41, 5.74) is 6.28. The van der Waals surface area contributed by atoms with Gasteiger partial charge >= 0.3 is 6.18 Å². The van der Waals surface area contributed by atoms with Crippen LogP contribution >= 0.6 is 0 Å². The molecule has 0 fully saturated rings. The van der Waals surface area contributed by atoms with Crippen molar-refractivity contribution in [3.63, 3.8) is 0 Å². The third kappa shape index (κ3) is 5.89. The maximum atomic E-state index is 12.3. The van der Waals surface area contributed by atoms with Crippen molar-refractivity contribution in [3.8, 4) is 0 Å². The number of rotatable bonds is 6. The van der Waals surface area contributed by atoms with Gasteiger partial charge in [0, 0.05) is 6.54 Å². The van der Waals surface area contributed by atoms with Crippen LogP contribution in [0.2, 0.25) is 0 Å². The molecule has 112 valence electrons. The van der Waals surface area contributed by atoms with Gasteiger partial charge in [0.2, 0.25) is 5.91 Å². The molecule has 0 heterocycles. The van der Waals surface area contributed by atoms with Gasteiger partial charge < -0.3 is 16.2 Å². The van der Waals surface area contributed by atoms with E-state index < -0.39 is 31.8 Å². The van der Waals surface area contributed by atoms with Gasteiger partial charge in [-0.2, -0.15) is 13.2 Å². The van der Waals surface area contributed by atoms with Crippen molar-refractivity contribution < 1.29 is 23.1 Å². The fourth-order valence-electron chi connectivity index (χ4n) is 1.61. The number of alkyl halides is 3. The number of anilines is 2. The number of carbonyl (C=O) groups is 1. The molecule has 20 heavy (non-hydrogen) atoms. The second-order valence-electron chi connectivity index (χ2n) is 4.18. The summed E-state index contributed by atoms with van der Waals surface area (Å²) in [4.78, 5) is 12.5. The van der Waals surface area contributed by atoms with E-state index >= 15 is 0 Å². The highest BCUT2D eigenvalue weighted by Gasteiger charge is 2.31. The first-order valence-corrected chi connectivity index (χ1v) is 5.86. The first kappa shape index (κ1) is 16.3.